The van der Waals surface area contributed by atoms with Gasteiger partial charge in [0.2, 0.25) is 5.91 Å². The molecule has 1 aromatic heterocycles. The first-order chi connectivity index (χ1) is 11.6. The second-order valence-corrected chi connectivity index (χ2v) is 6.02. The van der Waals surface area contributed by atoms with Crippen LogP contribution in [0, 0.1) is 22.0 Å². The molecule has 3 rings (SSSR count). The van der Waals surface area contributed by atoms with Crippen molar-refractivity contribution in [2.45, 2.75) is 19.8 Å². The molecule has 0 bridgehead atoms. The number of benzene rings is 1. The molecule has 0 aliphatic heterocycles. The van der Waals surface area contributed by atoms with E-state index in [1.165, 1.54) is 18.5 Å². The van der Waals surface area contributed by atoms with Gasteiger partial charge in [-0.2, -0.15) is 0 Å². The van der Waals surface area contributed by atoms with Crippen molar-refractivity contribution in [3.8, 4) is 0 Å². The summed E-state index contributed by atoms with van der Waals surface area (Å²) in [6.45, 7) is 2.91. The summed E-state index contributed by atoms with van der Waals surface area (Å²) in [7, 11) is 0. The molecule has 1 aliphatic rings. The normalized spacial score (nSPS) is 15.0. The fourth-order valence-electron chi connectivity index (χ4n) is 2.64. The Kier molecular flexibility index (Phi) is 4.54. The number of nitrogens with one attached hydrogen (secondary N) is 2. The van der Waals surface area contributed by atoms with Crippen molar-refractivity contribution in [3.05, 3.63) is 34.6 Å². The molecule has 1 fully saturated rings. The van der Waals surface area contributed by atoms with Crippen LogP contribution in [-0.4, -0.2) is 33.9 Å². The first-order valence-corrected chi connectivity index (χ1v) is 7.97. The molecule has 8 heteroatoms. The van der Waals surface area contributed by atoms with E-state index in [1.54, 1.807) is 6.07 Å². The van der Waals surface area contributed by atoms with Crippen LogP contribution in [0.25, 0.3) is 10.9 Å². The van der Waals surface area contributed by atoms with Gasteiger partial charge < -0.3 is 10.6 Å². The zero-order valence-electron chi connectivity index (χ0n) is 13.4. The Morgan fingerprint density at radius 2 is 2.17 bits per heavy atom. The average Bonchev–Trinajstić information content (AvgIpc) is 3.42. The number of aromatic nitrogens is 2. The molecule has 1 heterocycles. The van der Waals surface area contributed by atoms with Crippen LogP contribution in [0.3, 0.4) is 0 Å². The molecule has 126 valence electrons. The summed E-state index contributed by atoms with van der Waals surface area (Å²) in [4.78, 5) is 30.6. The first-order valence-electron chi connectivity index (χ1n) is 7.97. The van der Waals surface area contributed by atoms with Gasteiger partial charge in [0.05, 0.1) is 10.4 Å². The maximum atomic E-state index is 11.9. The molecule has 0 saturated heterocycles. The fraction of sp³-hybridized carbons (Fsp3) is 0.438. The Balaban J connectivity index is 1.61. The Morgan fingerprint density at radius 1 is 1.38 bits per heavy atom. The largest absolute Gasteiger partial charge is 0.368 e. The van der Waals surface area contributed by atoms with Gasteiger partial charge in [0.15, 0.2) is 0 Å². The van der Waals surface area contributed by atoms with Crippen LogP contribution >= 0.6 is 0 Å². The van der Waals surface area contributed by atoms with Crippen molar-refractivity contribution in [1.82, 2.24) is 15.3 Å². The van der Waals surface area contributed by atoms with E-state index in [2.05, 4.69) is 20.6 Å². The van der Waals surface area contributed by atoms with Gasteiger partial charge in [0.1, 0.15) is 12.1 Å². The van der Waals surface area contributed by atoms with Crippen LogP contribution < -0.4 is 10.6 Å². The van der Waals surface area contributed by atoms with Gasteiger partial charge in [-0.3, -0.25) is 14.9 Å². The lowest BCUT2D eigenvalue weighted by molar-refractivity contribution is -0.384. The molecule has 8 nitrogen and oxygen atoms in total. The Labute approximate surface area is 138 Å². The summed E-state index contributed by atoms with van der Waals surface area (Å²) in [6.07, 6.45) is 3.68. The summed E-state index contributed by atoms with van der Waals surface area (Å²) in [6, 6.07) is 4.46. The third-order valence-electron chi connectivity index (χ3n) is 4.29. The number of fused-ring (bicyclic) bond motifs is 1. The number of hydrogen-bond acceptors (Lipinski definition) is 6. The van der Waals surface area contributed by atoms with Gasteiger partial charge in [0.25, 0.3) is 5.69 Å². The van der Waals surface area contributed by atoms with Crippen molar-refractivity contribution < 1.29 is 9.72 Å². The summed E-state index contributed by atoms with van der Waals surface area (Å²) in [5.74, 6) is 1.19. The van der Waals surface area contributed by atoms with Crippen molar-refractivity contribution >= 4 is 28.3 Å². The highest BCUT2D eigenvalue weighted by molar-refractivity contribution is 5.90. The summed E-state index contributed by atoms with van der Waals surface area (Å²) in [5, 5.41) is 17.5. The molecule has 0 spiro atoms. The number of non-ortho nitro benzene ring substituents is 1. The van der Waals surface area contributed by atoms with Crippen molar-refractivity contribution in [2.75, 3.05) is 18.4 Å². The number of anilines is 1. The molecule has 1 aromatic carbocycles. The van der Waals surface area contributed by atoms with Crippen molar-refractivity contribution in [1.29, 1.82) is 0 Å². The zero-order chi connectivity index (χ0) is 17.1. The minimum Gasteiger partial charge on any atom is -0.368 e. The van der Waals surface area contributed by atoms with E-state index in [0.717, 1.165) is 12.8 Å². The molecule has 1 amide bonds. The molecular formula is C16H19N5O3. The number of amides is 1. The number of hydrogen-bond donors (Lipinski definition) is 2. The van der Waals surface area contributed by atoms with E-state index in [4.69, 9.17) is 0 Å². The molecule has 0 radical (unpaired) electrons. The van der Waals surface area contributed by atoms with E-state index < -0.39 is 4.92 Å². The number of rotatable bonds is 7. The van der Waals surface area contributed by atoms with Gasteiger partial charge in [-0.1, -0.05) is 6.92 Å². The Bertz CT molecular complexity index is 775. The Morgan fingerprint density at radius 3 is 2.88 bits per heavy atom. The summed E-state index contributed by atoms with van der Waals surface area (Å²) < 4.78 is 0. The highest BCUT2D eigenvalue weighted by atomic mass is 16.6. The lowest BCUT2D eigenvalue weighted by atomic mass is 10.1. The molecule has 1 aliphatic carbocycles. The maximum absolute atomic E-state index is 11.9. The van der Waals surface area contributed by atoms with Crippen LogP contribution in [0.15, 0.2) is 24.5 Å². The van der Waals surface area contributed by atoms with Crippen LogP contribution in [-0.2, 0) is 4.79 Å². The van der Waals surface area contributed by atoms with Gasteiger partial charge >= 0.3 is 0 Å². The van der Waals surface area contributed by atoms with Crippen LogP contribution in [0.2, 0.25) is 0 Å². The molecule has 1 atom stereocenters. The molecular weight excluding hydrogens is 310 g/mol. The summed E-state index contributed by atoms with van der Waals surface area (Å²) >= 11 is 0. The van der Waals surface area contributed by atoms with Gasteiger partial charge in [-0.05, 0) is 24.8 Å². The predicted molar refractivity (Wildman–Crippen MR) is 89.6 cm³/mol. The van der Waals surface area contributed by atoms with Crippen LogP contribution in [0.5, 0.6) is 0 Å². The van der Waals surface area contributed by atoms with E-state index in [9.17, 15) is 14.9 Å². The van der Waals surface area contributed by atoms with Gasteiger partial charge in [0, 0.05) is 36.5 Å². The summed E-state index contributed by atoms with van der Waals surface area (Å²) in [5.41, 5.74) is 0.622. The molecule has 2 aromatic rings. The standard InChI is InChI=1S/C16H19N5O3/c1-10(11-2-3-11)16(22)18-7-6-17-15-13-8-12(21(23)24)4-5-14(13)19-9-20-15/h4-5,8-11H,2-3,6-7H2,1H3,(H,18,22)(H,17,19,20)/t10-/m0/s1. The third-order valence-corrected chi connectivity index (χ3v) is 4.29. The maximum Gasteiger partial charge on any atom is 0.270 e. The predicted octanol–water partition coefficient (Wildman–Crippen LogP) is 2.11. The topological polar surface area (TPSA) is 110 Å². The van der Waals surface area contributed by atoms with Crippen LogP contribution in [0.4, 0.5) is 11.5 Å². The number of nitro groups is 1. The van der Waals surface area contributed by atoms with Crippen molar-refractivity contribution in [2.24, 2.45) is 11.8 Å². The minimum absolute atomic E-state index is 0.00749. The van der Waals surface area contributed by atoms with E-state index >= 15 is 0 Å². The second kappa shape index (κ2) is 6.77. The van der Waals surface area contributed by atoms with Crippen LogP contribution in [0.1, 0.15) is 19.8 Å². The minimum atomic E-state index is -0.449. The smallest absolute Gasteiger partial charge is 0.270 e. The van der Waals surface area contributed by atoms with Gasteiger partial charge in [-0.15, -0.1) is 0 Å². The van der Waals surface area contributed by atoms with E-state index in [1.807, 2.05) is 6.92 Å². The molecule has 0 unspecified atom stereocenters. The highest BCUT2D eigenvalue weighted by Crippen LogP contribution is 2.36. The lowest BCUT2D eigenvalue weighted by Gasteiger charge is -2.12. The number of nitrogens with zero attached hydrogens (tertiary/aromatic N) is 3. The molecule has 1 saturated carbocycles. The zero-order valence-corrected chi connectivity index (χ0v) is 13.4. The first kappa shape index (κ1) is 16.1. The number of carbonyl (C=O) groups excluding carboxylic acids is 1. The average molecular weight is 329 g/mol. The Hall–Kier alpha value is -2.77. The monoisotopic (exact) mass is 329 g/mol. The number of nitro benzene ring substituents is 1. The highest BCUT2D eigenvalue weighted by Gasteiger charge is 2.32. The molecule has 24 heavy (non-hydrogen) atoms. The van der Waals surface area contributed by atoms with E-state index in [0.29, 0.717) is 35.7 Å². The van der Waals surface area contributed by atoms with Gasteiger partial charge in [-0.25, -0.2) is 9.97 Å². The van der Waals surface area contributed by atoms with E-state index in [-0.39, 0.29) is 17.5 Å². The molecule has 2 N–H and O–H groups in total. The quantitative estimate of drug-likeness (QED) is 0.457. The second-order valence-electron chi connectivity index (χ2n) is 6.02. The SMILES string of the molecule is C[C@H](C(=O)NCCNc1ncnc2ccc([N+](=O)[O-])cc12)C1CC1. The van der Waals surface area contributed by atoms with Crippen molar-refractivity contribution in [3.63, 3.8) is 0 Å². The fourth-order valence-corrected chi connectivity index (χ4v) is 2.64. The number of carbonyl (C=O) groups is 1. The third kappa shape index (κ3) is 3.58. The lowest BCUT2D eigenvalue weighted by Crippen LogP contribution is -2.33.